The molecule has 1 aromatic carbocycles. The molecule has 1 aromatic heterocycles. The quantitative estimate of drug-likeness (QED) is 0.706. The van der Waals surface area contributed by atoms with Crippen molar-refractivity contribution in [2.24, 2.45) is 5.41 Å². The zero-order valence-corrected chi connectivity index (χ0v) is 17.7. The summed E-state index contributed by atoms with van der Waals surface area (Å²) in [6.07, 6.45) is 2.03. The first-order valence-corrected chi connectivity index (χ1v) is 10.3. The summed E-state index contributed by atoms with van der Waals surface area (Å²) in [6, 6.07) is 6.80. The summed E-state index contributed by atoms with van der Waals surface area (Å²) in [5.41, 5.74) is 0.924. The molecular formula is C19H25FN4OS2. The van der Waals surface area contributed by atoms with Gasteiger partial charge in [-0.1, -0.05) is 44.2 Å². The average Bonchev–Trinajstić information content (AvgIpc) is 3.32. The fourth-order valence-corrected chi connectivity index (χ4v) is 4.34. The maximum absolute atomic E-state index is 13.3. The number of benzene rings is 1. The predicted octanol–water partition coefficient (Wildman–Crippen LogP) is 4.66. The number of rotatable bonds is 6. The van der Waals surface area contributed by atoms with Crippen LogP contribution in [0.5, 0.6) is 0 Å². The summed E-state index contributed by atoms with van der Waals surface area (Å²) in [6.45, 7) is 8.37. The number of carbonyl (C=O) groups excluding carboxylic acids is 1. The summed E-state index contributed by atoms with van der Waals surface area (Å²) < 4.78 is 15.6. The summed E-state index contributed by atoms with van der Waals surface area (Å²) in [5, 5.41) is 8.72. The Morgan fingerprint density at radius 3 is 2.56 bits per heavy atom. The standard InChI is InChI=1S/C19H25FN4OS2/c1-12(25)24(15-9-10-15)17-22-23(18(26)27-17)11-21-16(19(2,3)4)13-5-7-14(20)8-6-13/h5-8,15-16,21H,9-11H2,1-4H3. The first kappa shape index (κ1) is 20.1. The minimum absolute atomic E-state index is 0.000222. The maximum Gasteiger partial charge on any atom is 0.225 e. The molecule has 0 saturated heterocycles. The molecule has 8 heteroatoms. The number of amides is 1. The van der Waals surface area contributed by atoms with Crippen molar-refractivity contribution in [2.75, 3.05) is 4.90 Å². The first-order chi connectivity index (χ1) is 12.7. The molecule has 1 amide bonds. The van der Waals surface area contributed by atoms with Crippen molar-refractivity contribution in [1.82, 2.24) is 15.1 Å². The smallest absolute Gasteiger partial charge is 0.225 e. The molecule has 5 nitrogen and oxygen atoms in total. The number of halogens is 1. The molecule has 1 aliphatic rings. The monoisotopic (exact) mass is 408 g/mol. The van der Waals surface area contributed by atoms with E-state index in [4.69, 9.17) is 12.2 Å². The third-order valence-electron chi connectivity index (χ3n) is 4.57. The van der Waals surface area contributed by atoms with Crippen LogP contribution in [0.1, 0.15) is 52.1 Å². The van der Waals surface area contributed by atoms with Crippen molar-refractivity contribution in [3.8, 4) is 0 Å². The van der Waals surface area contributed by atoms with E-state index in [2.05, 4.69) is 31.2 Å². The van der Waals surface area contributed by atoms with Crippen LogP contribution in [-0.4, -0.2) is 21.7 Å². The van der Waals surface area contributed by atoms with E-state index >= 15 is 0 Å². The molecule has 0 bridgehead atoms. The van der Waals surface area contributed by atoms with Gasteiger partial charge in [0.15, 0.2) is 3.95 Å². The second-order valence-corrected chi connectivity index (χ2v) is 9.58. The average molecular weight is 409 g/mol. The van der Waals surface area contributed by atoms with E-state index in [1.807, 2.05) is 0 Å². The molecule has 1 N–H and O–H groups in total. The van der Waals surface area contributed by atoms with Gasteiger partial charge in [0.1, 0.15) is 5.82 Å². The number of aromatic nitrogens is 2. The van der Waals surface area contributed by atoms with Crippen LogP contribution in [-0.2, 0) is 11.5 Å². The van der Waals surface area contributed by atoms with Crippen molar-refractivity contribution in [2.45, 2.75) is 59.3 Å². The highest BCUT2D eigenvalue weighted by Gasteiger charge is 2.34. The zero-order valence-electron chi connectivity index (χ0n) is 16.0. The lowest BCUT2D eigenvalue weighted by Crippen LogP contribution is -2.34. The third kappa shape index (κ3) is 4.80. The van der Waals surface area contributed by atoms with Crippen LogP contribution in [0.15, 0.2) is 24.3 Å². The van der Waals surface area contributed by atoms with Crippen LogP contribution >= 0.6 is 23.6 Å². The molecule has 2 aromatic rings. The minimum Gasteiger partial charge on any atom is -0.291 e. The third-order valence-corrected chi connectivity index (χ3v) is 5.87. The van der Waals surface area contributed by atoms with Crippen molar-refractivity contribution in [1.29, 1.82) is 0 Å². The lowest BCUT2D eigenvalue weighted by Gasteiger charge is -2.32. The van der Waals surface area contributed by atoms with Crippen LogP contribution < -0.4 is 10.2 Å². The van der Waals surface area contributed by atoms with Crippen molar-refractivity contribution in [3.05, 3.63) is 39.6 Å². The Morgan fingerprint density at radius 1 is 1.41 bits per heavy atom. The Morgan fingerprint density at radius 2 is 2.04 bits per heavy atom. The fraction of sp³-hybridized carbons (Fsp3) is 0.526. The molecule has 0 spiro atoms. The number of anilines is 1. The van der Waals surface area contributed by atoms with Crippen LogP contribution in [0.3, 0.4) is 0 Å². The number of carbonyl (C=O) groups is 1. The fourth-order valence-electron chi connectivity index (χ4n) is 3.13. The van der Waals surface area contributed by atoms with Gasteiger partial charge in [-0.25, -0.2) is 9.07 Å². The molecule has 1 aliphatic carbocycles. The first-order valence-electron chi connectivity index (χ1n) is 9.03. The molecule has 0 radical (unpaired) electrons. The Labute approximate surface area is 168 Å². The van der Waals surface area contributed by atoms with Gasteiger partial charge >= 0.3 is 0 Å². The molecule has 146 valence electrons. The summed E-state index contributed by atoms with van der Waals surface area (Å²) in [7, 11) is 0. The summed E-state index contributed by atoms with van der Waals surface area (Å²) in [5.74, 6) is -0.248. The van der Waals surface area contributed by atoms with Crippen molar-refractivity contribution >= 4 is 34.6 Å². The van der Waals surface area contributed by atoms with Crippen LogP contribution in [0.4, 0.5) is 9.52 Å². The van der Waals surface area contributed by atoms with E-state index in [-0.39, 0.29) is 29.2 Å². The number of hydrogen-bond acceptors (Lipinski definition) is 5. The topological polar surface area (TPSA) is 50.2 Å². The molecule has 1 heterocycles. The summed E-state index contributed by atoms with van der Waals surface area (Å²) >= 11 is 6.81. The van der Waals surface area contributed by atoms with Crippen molar-refractivity contribution < 1.29 is 9.18 Å². The highest BCUT2D eigenvalue weighted by molar-refractivity contribution is 7.73. The maximum atomic E-state index is 13.3. The second-order valence-electron chi connectivity index (χ2n) is 7.98. The molecule has 1 unspecified atom stereocenters. The highest BCUT2D eigenvalue weighted by atomic mass is 32.1. The van der Waals surface area contributed by atoms with E-state index < -0.39 is 0 Å². The van der Waals surface area contributed by atoms with E-state index in [1.165, 1.54) is 23.5 Å². The molecule has 27 heavy (non-hydrogen) atoms. The lowest BCUT2D eigenvalue weighted by atomic mass is 9.82. The van der Waals surface area contributed by atoms with Crippen LogP contribution in [0, 0.1) is 15.2 Å². The van der Waals surface area contributed by atoms with Gasteiger partial charge in [-0.2, -0.15) is 0 Å². The molecular weight excluding hydrogens is 383 g/mol. The van der Waals surface area contributed by atoms with Gasteiger partial charge in [0.05, 0.1) is 6.67 Å². The van der Waals surface area contributed by atoms with Gasteiger partial charge in [-0.3, -0.25) is 15.0 Å². The van der Waals surface area contributed by atoms with E-state index in [9.17, 15) is 9.18 Å². The zero-order chi connectivity index (χ0) is 19.8. The van der Waals surface area contributed by atoms with Gasteiger partial charge in [0.25, 0.3) is 0 Å². The van der Waals surface area contributed by atoms with E-state index in [0.717, 1.165) is 18.4 Å². The number of nitrogens with one attached hydrogen (secondary N) is 1. The van der Waals surface area contributed by atoms with Crippen molar-refractivity contribution in [3.63, 3.8) is 0 Å². The highest BCUT2D eigenvalue weighted by Crippen LogP contribution is 2.34. The van der Waals surface area contributed by atoms with Gasteiger partial charge in [-0.15, -0.1) is 5.10 Å². The molecule has 1 fully saturated rings. The lowest BCUT2D eigenvalue weighted by molar-refractivity contribution is -0.116. The second kappa shape index (κ2) is 7.77. The number of nitrogens with zero attached hydrogens (tertiary/aromatic N) is 3. The van der Waals surface area contributed by atoms with E-state index in [0.29, 0.717) is 15.8 Å². The van der Waals surface area contributed by atoms with Gasteiger partial charge in [0.2, 0.25) is 11.0 Å². The molecule has 1 saturated carbocycles. The number of hydrogen-bond donors (Lipinski definition) is 1. The molecule has 3 rings (SSSR count). The summed E-state index contributed by atoms with van der Waals surface area (Å²) in [4.78, 5) is 13.7. The molecule has 1 atom stereocenters. The van der Waals surface area contributed by atoms with Gasteiger partial charge in [0, 0.05) is 19.0 Å². The van der Waals surface area contributed by atoms with Gasteiger partial charge < -0.3 is 0 Å². The Kier molecular flexibility index (Phi) is 5.79. The Bertz CT molecular complexity index is 865. The Balaban J connectivity index is 1.78. The van der Waals surface area contributed by atoms with Gasteiger partial charge in [-0.05, 0) is 48.2 Å². The van der Waals surface area contributed by atoms with Crippen LogP contribution in [0.25, 0.3) is 0 Å². The normalized spacial score (nSPS) is 15.6. The van der Waals surface area contributed by atoms with E-state index in [1.54, 1.807) is 28.6 Å². The Hall–Kier alpha value is -1.64. The largest absolute Gasteiger partial charge is 0.291 e. The SMILES string of the molecule is CC(=O)N(c1nn(CNC(c2ccc(F)cc2)C(C)(C)C)c(=S)s1)C1CC1. The predicted molar refractivity (Wildman–Crippen MR) is 109 cm³/mol. The minimum atomic E-state index is -0.248. The van der Waals surface area contributed by atoms with Crippen LogP contribution in [0.2, 0.25) is 0 Å². The molecule has 0 aliphatic heterocycles.